The summed E-state index contributed by atoms with van der Waals surface area (Å²) in [4.78, 5) is 0. The molecule has 0 unspecified atom stereocenters. The Morgan fingerprint density at radius 2 is 0.776 bits per heavy atom. The van der Waals surface area contributed by atoms with Gasteiger partial charge in [-0.15, -0.1) is 0 Å². The fourth-order valence-corrected chi connectivity index (χ4v) is 7.50. The first kappa shape index (κ1) is 72.0. The summed E-state index contributed by atoms with van der Waals surface area (Å²) in [5, 5.41) is 18.4. The second kappa shape index (κ2) is 64.8. The summed E-state index contributed by atoms with van der Waals surface area (Å²) in [6.07, 6.45) is 70.7. The van der Waals surface area contributed by atoms with Gasteiger partial charge >= 0.3 is 49.6 Å². The van der Waals surface area contributed by atoms with E-state index in [0.29, 0.717) is 19.3 Å². The summed E-state index contributed by atoms with van der Waals surface area (Å²) in [5.74, 6) is 0. The van der Waals surface area contributed by atoms with Crippen LogP contribution in [0.5, 0.6) is 0 Å². The summed E-state index contributed by atoms with van der Waals surface area (Å²) in [7, 11) is 20.1. The van der Waals surface area contributed by atoms with Crippen molar-refractivity contribution in [3.63, 3.8) is 0 Å². The van der Waals surface area contributed by atoms with Crippen molar-refractivity contribution in [1.82, 2.24) is 0 Å². The molecule has 1 rings (SSSR count). The van der Waals surface area contributed by atoms with Crippen LogP contribution in [0.4, 0.5) is 0 Å². The second-order valence-corrected chi connectivity index (χ2v) is 44.3. The van der Waals surface area contributed by atoms with Gasteiger partial charge in [0.1, 0.15) is 0 Å². The normalized spacial score (nSPS) is 14.1. The van der Waals surface area contributed by atoms with E-state index < -0.39 is 13.9 Å². The van der Waals surface area contributed by atoms with Crippen LogP contribution in [0.15, 0.2) is 48.6 Å². The molecular weight excluding hydrogens is 1020 g/mol. The molecule has 2 atom stereocenters. The standard InChI is InChI=1S/C29H56O2.C21H38O.C8H18O.4ClH.Sn/c1-3-5-7-9-11-12-13-14-15-16-17-18-19-20-21-22-24-26-29(30)28-31-27-25-23-10-8-6-4-2;1-2-3-4-5-6-7-8-9-10-11-12-13-14-15-16-17-18-19-21-20-22-21;1-2-3-4-5-6-7-8-9;;;;;/h11-12,14-15,29-30H,3-10,13,16-28H2,1-2H3;6-7,9-10,21H,2-5,8,11-20H2,1H3;9H,2-8H2,1H3;4*1H;/q;;;;;;;+4/p-4/b12-11-,15-14-;7-6-,10-9-;;;;;;/t29-;21-;;;;;;/m10....../s1. The molecular formula is C58H112Cl4O4Sn. The maximum atomic E-state index is 10.0. The van der Waals surface area contributed by atoms with Gasteiger partial charge in [0.05, 0.1) is 25.4 Å². The number of halogens is 4. The van der Waals surface area contributed by atoms with Gasteiger partial charge < -0.3 is 19.7 Å². The van der Waals surface area contributed by atoms with Crippen molar-refractivity contribution in [2.24, 2.45) is 0 Å². The molecule has 400 valence electrons. The Bertz CT molecular complexity index is 990. The van der Waals surface area contributed by atoms with Crippen molar-refractivity contribution in [3.8, 4) is 0 Å². The van der Waals surface area contributed by atoms with E-state index in [9.17, 15) is 5.11 Å². The van der Waals surface area contributed by atoms with E-state index in [2.05, 4.69) is 76.3 Å². The van der Waals surface area contributed by atoms with Crippen molar-refractivity contribution < 1.29 is 19.7 Å². The fourth-order valence-electron chi connectivity index (χ4n) is 7.50. The third-order valence-electron chi connectivity index (χ3n) is 11.8. The average molecular weight is 1130 g/mol. The van der Waals surface area contributed by atoms with Crippen LogP contribution >= 0.6 is 35.7 Å². The number of unbranched alkanes of at least 4 members (excludes halogenated alkanes) is 30. The van der Waals surface area contributed by atoms with Gasteiger partial charge in [0.15, 0.2) is 0 Å². The van der Waals surface area contributed by atoms with Gasteiger partial charge in [-0.25, -0.2) is 0 Å². The molecule has 1 aliphatic heterocycles. The third-order valence-corrected chi connectivity index (χ3v) is 11.8. The fraction of sp³-hybridized carbons (Fsp3) is 0.862. The minimum absolute atomic E-state index is 0.266. The van der Waals surface area contributed by atoms with Gasteiger partial charge in [-0.2, -0.15) is 0 Å². The van der Waals surface area contributed by atoms with E-state index in [4.69, 9.17) is 50.3 Å². The van der Waals surface area contributed by atoms with Crippen LogP contribution in [0.1, 0.15) is 285 Å². The number of hydrogen-bond acceptors (Lipinski definition) is 4. The monoisotopic (exact) mass is 1130 g/mol. The molecule has 0 amide bonds. The second-order valence-electron chi connectivity index (χ2n) is 18.8. The Balaban J connectivity index is -0.000000976. The quantitative estimate of drug-likeness (QED) is 0.0276. The first-order valence-electron chi connectivity index (χ1n) is 28.5. The predicted octanol–water partition coefficient (Wildman–Crippen LogP) is 21.0. The van der Waals surface area contributed by atoms with Gasteiger partial charge in [0.25, 0.3) is 0 Å². The van der Waals surface area contributed by atoms with Crippen molar-refractivity contribution in [2.45, 2.75) is 297 Å². The number of aliphatic hydroxyl groups is 2. The molecule has 9 heteroatoms. The summed E-state index contributed by atoms with van der Waals surface area (Å²) in [6, 6.07) is 0. The molecule has 0 radical (unpaired) electrons. The van der Waals surface area contributed by atoms with Crippen LogP contribution in [-0.2, 0) is 9.47 Å². The van der Waals surface area contributed by atoms with Gasteiger partial charge in [0, 0.05) is 13.2 Å². The zero-order chi connectivity index (χ0) is 49.8. The van der Waals surface area contributed by atoms with E-state index in [1.165, 1.54) is 218 Å². The molecule has 2 N–H and O–H groups in total. The predicted molar refractivity (Wildman–Crippen MR) is 307 cm³/mol. The molecule has 1 saturated heterocycles. The van der Waals surface area contributed by atoms with Crippen molar-refractivity contribution >= 4 is 49.6 Å². The molecule has 0 spiro atoms. The number of ether oxygens (including phenoxy) is 2. The molecule has 0 aromatic rings. The molecule has 0 aromatic heterocycles. The van der Waals surface area contributed by atoms with Crippen LogP contribution in [0.2, 0.25) is 0 Å². The van der Waals surface area contributed by atoms with Crippen molar-refractivity contribution in [3.05, 3.63) is 48.6 Å². The molecule has 67 heavy (non-hydrogen) atoms. The SMILES string of the molecule is CCCCC/C=C\C/C=C\CCCCCCCCC[C@@H](O)COCCCCCCCC.CCCCC/C=C\C/C=C\CCCCCCCCC[C@H]1CO1.CCCCCCCCO.[Cl][Sn]([Cl])([Cl])[Cl]. The number of allylic oxidation sites excluding steroid dienone is 8. The topological polar surface area (TPSA) is 62.2 Å². The van der Waals surface area contributed by atoms with Crippen LogP contribution in [-0.4, -0.2) is 62.7 Å². The van der Waals surface area contributed by atoms with Crippen LogP contribution in [0.3, 0.4) is 0 Å². The molecule has 1 fully saturated rings. The molecule has 0 aromatic carbocycles. The first-order valence-corrected chi connectivity index (χ1v) is 42.9. The van der Waals surface area contributed by atoms with Crippen LogP contribution in [0.25, 0.3) is 0 Å². The van der Waals surface area contributed by atoms with E-state index in [-0.39, 0.29) is 6.10 Å². The number of epoxide rings is 1. The van der Waals surface area contributed by atoms with Gasteiger partial charge in [-0.3, -0.25) is 0 Å². The van der Waals surface area contributed by atoms with Crippen LogP contribution < -0.4 is 0 Å². The number of hydrogen-bond donors (Lipinski definition) is 2. The Morgan fingerprint density at radius 3 is 1.16 bits per heavy atom. The molecule has 1 heterocycles. The first-order chi connectivity index (χ1) is 32.7. The Labute approximate surface area is 437 Å². The van der Waals surface area contributed by atoms with Crippen molar-refractivity contribution in [2.75, 3.05) is 26.4 Å². The average Bonchev–Trinajstić information content (AvgIpc) is 4.14. The van der Waals surface area contributed by atoms with E-state index in [0.717, 1.165) is 51.7 Å². The summed E-state index contributed by atoms with van der Waals surface area (Å²) < 4.78 is 10.9. The Morgan fingerprint density at radius 1 is 0.463 bits per heavy atom. The number of rotatable bonds is 47. The Kier molecular flexibility index (Phi) is 69.6. The zero-order valence-electron chi connectivity index (χ0n) is 44.6. The zero-order valence-corrected chi connectivity index (χ0v) is 50.5. The summed E-state index contributed by atoms with van der Waals surface area (Å²) in [6.45, 7) is 11.7. The van der Waals surface area contributed by atoms with Gasteiger partial charge in [-0.1, -0.05) is 243 Å². The van der Waals surface area contributed by atoms with E-state index in [1.807, 2.05) is 0 Å². The maximum absolute atomic E-state index is 10.0. The van der Waals surface area contributed by atoms with Gasteiger partial charge in [0.2, 0.25) is 0 Å². The summed E-state index contributed by atoms with van der Waals surface area (Å²) >= 11 is -3.29. The minimum atomic E-state index is -3.29. The Hall–Kier alpha value is 0.759. The van der Waals surface area contributed by atoms with Crippen molar-refractivity contribution in [1.29, 1.82) is 0 Å². The molecule has 0 aliphatic carbocycles. The molecule has 0 saturated carbocycles. The molecule has 4 nitrogen and oxygen atoms in total. The van der Waals surface area contributed by atoms with Gasteiger partial charge in [-0.05, 0) is 89.9 Å². The van der Waals surface area contributed by atoms with E-state index in [1.54, 1.807) is 0 Å². The summed E-state index contributed by atoms with van der Waals surface area (Å²) in [5.41, 5.74) is 0. The third kappa shape index (κ3) is 83.9. The molecule has 1 aliphatic rings. The van der Waals surface area contributed by atoms with Crippen LogP contribution in [0, 0.1) is 0 Å². The molecule has 0 bridgehead atoms. The number of aliphatic hydroxyl groups excluding tert-OH is 2. The van der Waals surface area contributed by atoms with E-state index >= 15 is 0 Å².